The Balaban J connectivity index is 1.51. The van der Waals surface area contributed by atoms with Gasteiger partial charge in [-0.2, -0.15) is 5.10 Å². The third-order valence-electron chi connectivity index (χ3n) is 3.79. The lowest BCUT2D eigenvalue weighted by molar-refractivity contribution is -0.135. The second-order valence-electron chi connectivity index (χ2n) is 5.95. The molecule has 30 heavy (non-hydrogen) atoms. The number of amides is 3. The number of rotatable bonds is 6. The Labute approximate surface area is 184 Å². The number of hydrogen-bond acceptors (Lipinski definition) is 7. The normalized spacial score (nSPS) is 15.9. The highest BCUT2D eigenvalue weighted by molar-refractivity contribution is 8.15. The Morgan fingerprint density at radius 1 is 1.17 bits per heavy atom. The van der Waals surface area contributed by atoms with Crippen molar-refractivity contribution in [3.05, 3.63) is 63.6 Å². The molecule has 1 unspecified atom stereocenters. The number of hydrogen-bond donors (Lipinski definition) is 2. The second kappa shape index (κ2) is 9.75. The maximum atomic E-state index is 12.1. The minimum Gasteiger partial charge on any atom is -0.426 e. The second-order valence-corrected chi connectivity index (χ2v) is 7.97. The summed E-state index contributed by atoms with van der Waals surface area (Å²) in [6.07, 6.45) is 1.18. The fraction of sp³-hybridized carbons (Fsp3) is 0.105. The Bertz CT molecular complexity index is 1040. The van der Waals surface area contributed by atoms with Crippen molar-refractivity contribution in [2.75, 3.05) is 0 Å². The molecule has 1 aliphatic heterocycles. The fourth-order valence-corrected chi connectivity index (χ4v) is 3.67. The summed E-state index contributed by atoms with van der Waals surface area (Å²) in [7, 11) is 0. The summed E-state index contributed by atoms with van der Waals surface area (Å²) in [6, 6.07) is 10.8. The van der Waals surface area contributed by atoms with Gasteiger partial charge in [0.2, 0.25) is 5.91 Å². The van der Waals surface area contributed by atoms with Crippen LogP contribution in [-0.2, 0) is 9.59 Å². The third kappa shape index (κ3) is 5.82. The minimum atomic E-state index is -0.783. The summed E-state index contributed by atoms with van der Waals surface area (Å²) >= 11 is 12.5. The quantitative estimate of drug-likeness (QED) is 0.292. The maximum Gasteiger partial charge on any atom is 0.312 e. The van der Waals surface area contributed by atoms with E-state index in [4.69, 9.17) is 27.9 Å². The molecular weight excluding hydrogens is 453 g/mol. The van der Waals surface area contributed by atoms with Gasteiger partial charge in [0.05, 0.1) is 23.2 Å². The number of imide groups is 1. The van der Waals surface area contributed by atoms with Crippen LogP contribution >= 0.6 is 35.0 Å². The summed E-state index contributed by atoms with van der Waals surface area (Å²) in [5, 5.41) is 5.32. The van der Waals surface area contributed by atoms with E-state index in [1.165, 1.54) is 30.5 Å². The van der Waals surface area contributed by atoms with Gasteiger partial charge in [0, 0.05) is 5.02 Å². The fourth-order valence-electron chi connectivity index (χ4n) is 2.37. The van der Waals surface area contributed by atoms with E-state index in [0.717, 1.165) is 11.8 Å². The number of nitrogens with zero attached hydrogens (tertiary/aromatic N) is 1. The molecule has 0 saturated carbocycles. The van der Waals surface area contributed by atoms with E-state index in [9.17, 15) is 19.2 Å². The minimum absolute atomic E-state index is 0.208. The van der Waals surface area contributed by atoms with Gasteiger partial charge in [-0.1, -0.05) is 35.0 Å². The molecule has 1 aliphatic rings. The van der Waals surface area contributed by atoms with Gasteiger partial charge >= 0.3 is 5.97 Å². The molecule has 1 fully saturated rings. The molecule has 1 heterocycles. The van der Waals surface area contributed by atoms with Gasteiger partial charge in [0.25, 0.3) is 11.1 Å². The maximum absolute atomic E-state index is 12.1. The number of esters is 1. The van der Waals surface area contributed by atoms with Gasteiger partial charge in [-0.3, -0.25) is 24.5 Å². The lowest BCUT2D eigenvalue weighted by Crippen LogP contribution is -2.27. The Morgan fingerprint density at radius 2 is 1.90 bits per heavy atom. The first-order valence-electron chi connectivity index (χ1n) is 8.42. The van der Waals surface area contributed by atoms with Crippen molar-refractivity contribution >= 4 is 64.2 Å². The number of thioether (sulfide) groups is 1. The zero-order valence-corrected chi connectivity index (χ0v) is 17.4. The van der Waals surface area contributed by atoms with E-state index in [-0.39, 0.29) is 22.8 Å². The molecule has 1 atom stereocenters. The van der Waals surface area contributed by atoms with Gasteiger partial charge in [-0.15, -0.1) is 0 Å². The van der Waals surface area contributed by atoms with E-state index >= 15 is 0 Å². The predicted molar refractivity (Wildman–Crippen MR) is 113 cm³/mol. The monoisotopic (exact) mass is 465 g/mol. The average molecular weight is 466 g/mol. The van der Waals surface area contributed by atoms with Gasteiger partial charge in [0.1, 0.15) is 11.0 Å². The number of carbonyl (C=O) groups excluding carboxylic acids is 4. The number of ether oxygens (including phenoxy) is 1. The Kier molecular flexibility index (Phi) is 7.09. The molecule has 154 valence electrons. The van der Waals surface area contributed by atoms with Crippen LogP contribution in [0.1, 0.15) is 22.3 Å². The molecule has 2 aromatic rings. The predicted octanol–water partition coefficient (Wildman–Crippen LogP) is 3.40. The van der Waals surface area contributed by atoms with Crippen LogP contribution in [0.2, 0.25) is 10.0 Å². The van der Waals surface area contributed by atoms with Crippen molar-refractivity contribution in [3.63, 3.8) is 0 Å². The summed E-state index contributed by atoms with van der Waals surface area (Å²) in [5.41, 5.74) is 3.22. The molecule has 3 rings (SSSR count). The summed E-state index contributed by atoms with van der Waals surface area (Å²) in [6.45, 7) is 0. The Morgan fingerprint density at radius 3 is 2.53 bits per heavy atom. The zero-order valence-electron chi connectivity index (χ0n) is 15.1. The summed E-state index contributed by atoms with van der Waals surface area (Å²) < 4.78 is 5.15. The van der Waals surface area contributed by atoms with Crippen LogP contribution in [0.15, 0.2) is 47.6 Å². The summed E-state index contributed by atoms with van der Waals surface area (Å²) in [4.78, 5) is 46.6. The molecule has 0 spiro atoms. The van der Waals surface area contributed by atoms with Crippen LogP contribution in [0.5, 0.6) is 5.75 Å². The van der Waals surface area contributed by atoms with Crippen molar-refractivity contribution in [1.82, 2.24) is 10.7 Å². The molecule has 8 nitrogen and oxygen atoms in total. The van der Waals surface area contributed by atoms with E-state index in [1.54, 1.807) is 18.2 Å². The molecule has 2 aromatic carbocycles. The van der Waals surface area contributed by atoms with Crippen molar-refractivity contribution in [2.45, 2.75) is 11.7 Å². The standard InChI is InChI=1S/C19H13Cl2N3O5S/c20-11-3-6-13(14(21)7-11)17(26)24-22-9-10-1-4-12(5-2-10)29-16(25)8-15-18(27)23-19(28)30-15/h1-7,9,15H,8H2,(H,24,26)(H,23,27,28)/b22-9+. The van der Waals surface area contributed by atoms with Crippen LogP contribution in [0.4, 0.5) is 4.79 Å². The van der Waals surface area contributed by atoms with Crippen molar-refractivity contribution in [1.29, 1.82) is 0 Å². The number of halogens is 2. The molecule has 11 heteroatoms. The largest absolute Gasteiger partial charge is 0.426 e. The molecule has 3 amide bonds. The Hall–Kier alpha value is -2.88. The number of carbonyl (C=O) groups is 4. The highest BCUT2D eigenvalue weighted by Crippen LogP contribution is 2.23. The topological polar surface area (TPSA) is 114 Å². The van der Waals surface area contributed by atoms with E-state index in [1.807, 2.05) is 0 Å². The molecule has 0 aliphatic carbocycles. The smallest absolute Gasteiger partial charge is 0.312 e. The first-order chi connectivity index (χ1) is 14.3. The molecular formula is C19H13Cl2N3O5S. The van der Waals surface area contributed by atoms with E-state index in [0.29, 0.717) is 10.6 Å². The first-order valence-corrected chi connectivity index (χ1v) is 10.1. The number of benzene rings is 2. The lowest BCUT2D eigenvalue weighted by Gasteiger charge is -2.06. The van der Waals surface area contributed by atoms with Crippen LogP contribution < -0.4 is 15.5 Å². The van der Waals surface area contributed by atoms with Gasteiger partial charge < -0.3 is 4.74 Å². The van der Waals surface area contributed by atoms with Crippen LogP contribution in [0.3, 0.4) is 0 Å². The number of nitrogens with one attached hydrogen (secondary N) is 2. The van der Waals surface area contributed by atoms with Crippen molar-refractivity contribution in [2.24, 2.45) is 5.10 Å². The molecule has 0 aromatic heterocycles. The van der Waals surface area contributed by atoms with Crippen LogP contribution in [0.25, 0.3) is 0 Å². The molecule has 0 radical (unpaired) electrons. The van der Waals surface area contributed by atoms with E-state index in [2.05, 4.69) is 15.8 Å². The van der Waals surface area contributed by atoms with Crippen molar-refractivity contribution < 1.29 is 23.9 Å². The van der Waals surface area contributed by atoms with Gasteiger partial charge in [0.15, 0.2) is 0 Å². The van der Waals surface area contributed by atoms with Crippen molar-refractivity contribution in [3.8, 4) is 5.75 Å². The number of hydrazone groups is 1. The van der Waals surface area contributed by atoms with Gasteiger partial charge in [-0.25, -0.2) is 5.43 Å². The first kappa shape index (κ1) is 21.8. The highest BCUT2D eigenvalue weighted by atomic mass is 35.5. The zero-order chi connectivity index (χ0) is 21.7. The lowest BCUT2D eigenvalue weighted by atomic mass is 10.2. The molecule has 0 bridgehead atoms. The highest BCUT2D eigenvalue weighted by Gasteiger charge is 2.33. The van der Waals surface area contributed by atoms with Gasteiger partial charge in [-0.05, 0) is 48.0 Å². The SMILES string of the molecule is O=C(CC1SC(=O)NC1=O)Oc1ccc(/C=N/NC(=O)c2ccc(Cl)cc2Cl)cc1. The molecule has 1 saturated heterocycles. The van der Waals surface area contributed by atoms with E-state index < -0.39 is 28.3 Å². The summed E-state index contributed by atoms with van der Waals surface area (Å²) in [5.74, 6) is -1.36. The van der Waals surface area contributed by atoms with Crippen LogP contribution in [0, 0.1) is 0 Å². The average Bonchev–Trinajstić information content (AvgIpc) is 2.99. The molecule has 2 N–H and O–H groups in total. The van der Waals surface area contributed by atoms with Crippen LogP contribution in [-0.4, -0.2) is 34.5 Å². The third-order valence-corrected chi connectivity index (χ3v) is 5.32.